The molecule has 1 aliphatic heterocycles. The van der Waals surface area contributed by atoms with Crippen LogP contribution >= 0.6 is 0 Å². The highest BCUT2D eigenvalue weighted by Crippen LogP contribution is 2.26. The minimum absolute atomic E-state index is 0.135. The van der Waals surface area contributed by atoms with Crippen molar-refractivity contribution >= 4 is 11.4 Å². The minimum Gasteiger partial charge on any atom is -0.355 e. The van der Waals surface area contributed by atoms with Gasteiger partial charge in [0, 0.05) is 30.6 Å². The van der Waals surface area contributed by atoms with E-state index in [0.29, 0.717) is 6.42 Å². The molecule has 76 valence electrons. The Bertz CT molecular complexity index is 517. The topological polar surface area (TPSA) is 46.4 Å². The molecule has 1 aliphatic rings. The van der Waals surface area contributed by atoms with Crippen LogP contribution in [0.1, 0.15) is 17.9 Å². The van der Waals surface area contributed by atoms with Crippen molar-refractivity contribution < 1.29 is 4.79 Å². The van der Waals surface area contributed by atoms with Crippen LogP contribution in [0.2, 0.25) is 0 Å². The Balaban J connectivity index is 2.07. The summed E-state index contributed by atoms with van der Waals surface area (Å²) in [6.07, 6.45) is 4.36. The van der Waals surface area contributed by atoms with Crippen LogP contribution < -0.4 is 5.32 Å². The Labute approximate surface area is 86.9 Å². The average Bonchev–Trinajstić information content (AvgIpc) is 2.83. The molecule has 1 unspecified atom stereocenters. The van der Waals surface area contributed by atoms with Gasteiger partial charge >= 0.3 is 0 Å². The lowest BCUT2D eigenvalue weighted by Crippen LogP contribution is -2.13. The van der Waals surface area contributed by atoms with E-state index in [1.807, 2.05) is 35.1 Å². The van der Waals surface area contributed by atoms with Crippen LogP contribution in [0.4, 0.5) is 0 Å². The van der Waals surface area contributed by atoms with Gasteiger partial charge in [0.1, 0.15) is 0 Å². The summed E-state index contributed by atoms with van der Waals surface area (Å²) in [5, 5.41) is 7.11. The number of carbonyl (C=O) groups is 1. The first-order valence-corrected chi connectivity index (χ1v) is 5.03. The van der Waals surface area contributed by atoms with E-state index in [4.69, 9.17) is 0 Å². The van der Waals surface area contributed by atoms with E-state index in [1.165, 1.54) is 0 Å². The molecule has 0 saturated carbocycles. The van der Waals surface area contributed by atoms with Crippen molar-refractivity contribution in [2.45, 2.75) is 12.3 Å². The van der Waals surface area contributed by atoms with Crippen LogP contribution in [0.25, 0.3) is 5.52 Å². The number of carbonyl (C=O) groups excluding carboxylic acids is 1. The van der Waals surface area contributed by atoms with E-state index in [0.717, 1.165) is 17.6 Å². The first-order valence-electron chi connectivity index (χ1n) is 5.03. The van der Waals surface area contributed by atoms with Gasteiger partial charge in [-0.05, 0) is 12.1 Å². The predicted molar refractivity (Wildman–Crippen MR) is 55.6 cm³/mol. The number of aromatic nitrogens is 2. The Morgan fingerprint density at radius 1 is 1.47 bits per heavy atom. The maximum absolute atomic E-state index is 11.1. The van der Waals surface area contributed by atoms with E-state index in [-0.39, 0.29) is 11.8 Å². The summed E-state index contributed by atoms with van der Waals surface area (Å²) in [6.45, 7) is 0.731. The zero-order chi connectivity index (χ0) is 10.3. The summed E-state index contributed by atoms with van der Waals surface area (Å²) in [5.74, 6) is 0.410. The highest BCUT2D eigenvalue weighted by atomic mass is 16.1. The quantitative estimate of drug-likeness (QED) is 0.746. The third-order valence-electron chi connectivity index (χ3n) is 2.87. The first-order chi connectivity index (χ1) is 7.34. The molecule has 1 saturated heterocycles. The molecule has 3 heterocycles. The molecule has 1 atom stereocenters. The molecule has 0 bridgehead atoms. The SMILES string of the molecule is O=C1CC(c2cnn3ccccc23)CN1. The fourth-order valence-corrected chi connectivity index (χ4v) is 2.09. The van der Waals surface area contributed by atoms with Gasteiger partial charge in [0.05, 0.1) is 11.7 Å². The van der Waals surface area contributed by atoms with E-state index in [1.54, 1.807) is 0 Å². The summed E-state index contributed by atoms with van der Waals surface area (Å²) in [7, 11) is 0. The monoisotopic (exact) mass is 201 g/mol. The normalized spacial score (nSPS) is 20.8. The third-order valence-corrected chi connectivity index (χ3v) is 2.87. The number of rotatable bonds is 1. The molecule has 1 fully saturated rings. The van der Waals surface area contributed by atoms with E-state index < -0.39 is 0 Å². The van der Waals surface area contributed by atoms with Crippen molar-refractivity contribution in [3.05, 3.63) is 36.2 Å². The second-order valence-corrected chi connectivity index (χ2v) is 3.84. The largest absolute Gasteiger partial charge is 0.355 e. The molecule has 1 N–H and O–H groups in total. The van der Waals surface area contributed by atoms with Crippen LogP contribution in [0, 0.1) is 0 Å². The molecule has 1 amide bonds. The van der Waals surface area contributed by atoms with E-state index in [2.05, 4.69) is 10.4 Å². The number of amides is 1. The van der Waals surface area contributed by atoms with Crippen LogP contribution in [0.3, 0.4) is 0 Å². The lowest BCUT2D eigenvalue weighted by molar-refractivity contribution is -0.119. The van der Waals surface area contributed by atoms with Crippen molar-refractivity contribution in [1.82, 2.24) is 14.9 Å². The first kappa shape index (κ1) is 8.47. The molecule has 4 heteroatoms. The summed E-state index contributed by atoms with van der Waals surface area (Å²) in [5.41, 5.74) is 2.26. The van der Waals surface area contributed by atoms with E-state index >= 15 is 0 Å². The molecule has 0 radical (unpaired) electrons. The van der Waals surface area contributed by atoms with Crippen molar-refractivity contribution in [1.29, 1.82) is 0 Å². The van der Waals surface area contributed by atoms with Crippen molar-refractivity contribution in [2.75, 3.05) is 6.54 Å². The number of pyridine rings is 1. The number of nitrogens with one attached hydrogen (secondary N) is 1. The molecule has 0 aliphatic carbocycles. The molecule has 3 rings (SSSR count). The summed E-state index contributed by atoms with van der Waals surface area (Å²) >= 11 is 0. The molecule has 0 aromatic carbocycles. The third kappa shape index (κ3) is 1.29. The summed E-state index contributed by atoms with van der Waals surface area (Å²) < 4.78 is 1.85. The average molecular weight is 201 g/mol. The second-order valence-electron chi connectivity index (χ2n) is 3.84. The van der Waals surface area contributed by atoms with Crippen molar-refractivity contribution in [3.63, 3.8) is 0 Å². The van der Waals surface area contributed by atoms with Gasteiger partial charge in [-0.25, -0.2) is 4.52 Å². The smallest absolute Gasteiger partial charge is 0.220 e. The molecule has 15 heavy (non-hydrogen) atoms. The van der Waals surface area contributed by atoms with Crippen LogP contribution in [-0.4, -0.2) is 22.1 Å². The molecule has 4 nitrogen and oxygen atoms in total. The zero-order valence-corrected chi connectivity index (χ0v) is 8.18. The summed E-state index contributed by atoms with van der Waals surface area (Å²) in [4.78, 5) is 11.1. The Kier molecular flexibility index (Phi) is 1.74. The molecular formula is C11H11N3O. The van der Waals surface area contributed by atoms with Gasteiger partial charge in [0.2, 0.25) is 5.91 Å². The Hall–Kier alpha value is -1.84. The molecule has 2 aromatic heterocycles. The lowest BCUT2D eigenvalue weighted by Gasteiger charge is -2.04. The van der Waals surface area contributed by atoms with Gasteiger partial charge < -0.3 is 5.32 Å². The van der Waals surface area contributed by atoms with Gasteiger partial charge in [0.15, 0.2) is 0 Å². The maximum Gasteiger partial charge on any atom is 0.220 e. The number of nitrogens with zero attached hydrogens (tertiary/aromatic N) is 2. The summed E-state index contributed by atoms with van der Waals surface area (Å²) in [6, 6.07) is 5.97. The standard InChI is InChI=1S/C11H11N3O/c15-11-5-8(6-12-11)9-7-13-14-4-2-1-3-10(9)14/h1-4,7-8H,5-6H2,(H,12,15). The predicted octanol–water partition coefficient (Wildman–Crippen LogP) is 0.938. The lowest BCUT2D eigenvalue weighted by atomic mass is 10.00. The van der Waals surface area contributed by atoms with Crippen molar-refractivity contribution in [3.8, 4) is 0 Å². The Morgan fingerprint density at radius 2 is 2.40 bits per heavy atom. The van der Waals surface area contributed by atoms with Gasteiger partial charge in [-0.15, -0.1) is 0 Å². The van der Waals surface area contributed by atoms with Crippen LogP contribution in [-0.2, 0) is 4.79 Å². The number of hydrogen-bond acceptors (Lipinski definition) is 2. The fraction of sp³-hybridized carbons (Fsp3) is 0.273. The van der Waals surface area contributed by atoms with Gasteiger partial charge in [-0.1, -0.05) is 6.07 Å². The van der Waals surface area contributed by atoms with Gasteiger partial charge in [0.25, 0.3) is 0 Å². The van der Waals surface area contributed by atoms with E-state index in [9.17, 15) is 4.79 Å². The van der Waals surface area contributed by atoms with Gasteiger partial charge in [-0.3, -0.25) is 4.79 Å². The molecule has 0 spiro atoms. The second kappa shape index (κ2) is 3.08. The Morgan fingerprint density at radius 3 is 3.20 bits per heavy atom. The van der Waals surface area contributed by atoms with Crippen molar-refractivity contribution in [2.24, 2.45) is 0 Å². The fourth-order valence-electron chi connectivity index (χ4n) is 2.09. The highest BCUT2D eigenvalue weighted by molar-refractivity contribution is 5.80. The number of hydrogen-bond donors (Lipinski definition) is 1. The minimum atomic E-state index is 0.135. The van der Waals surface area contributed by atoms with Crippen LogP contribution in [0.5, 0.6) is 0 Å². The van der Waals surface area contributed by atoms with Crippen LogP contribution in [0.15, 0.2) is 30.6 Å². The molecular weight excluding hydrogens is 190 g/mol. The zero-order valence-electron chi connectivity index (χ0n) is 8.18. The maximum atomic E-state index is 11.1. The molecule has 2 aromatic rings. The number of fused-ring (bicyclic) bond motifs is 1. The van der Waals surface area contributed by atoms with Gasteiger partial charge in [-0.2, -0.15) is 5.10 Å². The highest BCUT2D eigenvalue weighted by Gasteiger charge is 2.25.